The number of benzene rings is 1. The quantitative estimate of drug-likeness (QED) is 0.629. The van der Waals surface area contributed by atoms with E-state index >= 15 is 0 Å². The minimum absolute atomic E-state index is 0.187. The fourth-order valence-corrected chi connectivity index (χ4v) is 1.30. The van der Waals surface area contributed by atoms with Crippen LogP contribution in [-0.4, -0.2) is 19.4 Å². The molecule has 0 N–H and O–H groups in total. The van der Waals surface area contributed by atoms with Crippen LogP contribution in [0.15, 0.2) is 18.2 Å². The summed E-state index contributed by atoms with van der Waals surface area (Å²) < 4.78 is 69.2. The molecule has 0 unspecified atom stereocenters. The third-order valence-electron chi connectivity index (χ3n) is 2.13. The number of carbonyl (C=O) groups is 1. The van der Waals surface area contributed by atoms with Crippen LogP contribution in [0.1, 0.15) is 17.6 Å². The van der Waals surface area contributed by atoms with Crippen LogP contribution >= 0.6 is 0 Å². The van der Waals surface area contributed by atoms with Crippen molar-refractivity contribution in [2.45, 2.75) is 19.2 Å². The van der Waals surface area contributed by atoms with E-state index in [1.165, 1.54) is 0 Å². The Morgan fingerprint density at radius 3 is 2.42 bits per heavy atom. The summed E-state index contributed by atoms with van der Waals surface area (Å²) in [5.74, 6) is -1.65. The van der Waals surface area contributed by atoms with Gasteiger partial charge in [-0.05, 0) is 6.07 Å². The lowest BCUT2D eigenvalue weighted by atomic mass is 10.1. The first kappa shape index (κ1) is 15.2. The summed E-state index contributed by atoms with van der Waals surface area (Å²) in [6.07, 6.45) is -8.49. The molecule has 0 aliphatic carbocycles. The molecule has 0 heterocycles. The smallest absolute Gasteiger partial charge is 0.469 e. The Morgan fingerprint density at radius 1 is 1.32 bits per heavy atom. The van der Waals surface area contributed by atoms with Crippen molar-refractivity contribution in [3.8, 4) is 5.75 Å². The molecule has 0 bridgehead atoms. The summed E-state index contributed by atoms with van der Waals surface area (Å²) in [6.45, 7) is 0. The van der Waals surface area contributed by atoms with Gasteiger partial charge in [0, 0.05) is 11.1 Å². The lowest BCUT2D eigenvalue weighted by molar-refractivity contribution is -0.275. The van der Waals surface area contributed by atoms with Crippen molar-refractivity contribution in [2.24, 2.45) is 0 Å². The number of hydrogen-bond acceptors (Lipinski definition) is 3. The Kier molecular flexibility index (Phi) is 4.68. The Morgan fingerprint density at radius 2 is 1.95 bits per heavy atom. The second kappa shape index (κ2) is 5.85. The van der Waals surface area contributed by atoms with Crippen LogP contribution < -0.4 is 4.74 Å². The fraction of sp³-hybridized carbons (Fsp3) is 0.364. The van der Waals surface area contributed by atoms with Crippen LogP contribution in [0, 0.1) is 0 Å². The summed E-state index contributed by atoms with van der Waals surface area (Å²) >= 11 is 0. The molecule has 1 aromatic rings. The van der Waals surface area contributed by atoms with Crippen LogP contribution in [0.4, 0.5) is 22.0 Å². The van der Waals surface area contributed by atoms with E-state index in [0.717, 1.165) is 19.2 Å². The molecule has 0 radical (unpaired) electrons. The summed E-state index contributed by atoms with van der Waals surface area (Å²) in [6, 6.07) is 2.45. The van der Waals surface area contributed by atoms with E-state index < -0.39 is 36.5 Å². The molecular weight excluding hydrogens is 275 g/mol. The first-order chi connectivity index (χ1) is 8.73. The molecule has 8 heteroatoms. The van der Waals surface area contributed by atoms with E-state index in [1.54, 1.807) is 0 Å². The van der Waals surface area contributed by atoms with Gasteiger partial charge in [0.25, 0.3) is 6.43 Å². The molecular formula is C11H9F5O3. The van der Waals surface area contributed by atoms with Gasteiger partial charge in [-0.25, -0.2) is 8.78 Å². The van der Waals surface area contributed by atoms with E-state index in [2.05, 4.69) is 9.47 Å². The van der Waals surface area contributed by atoms with Crippen LogP contribution in [0.3, 0.4) is 0 Å². The minimum atomic E-state index is -5.04. The third-order valence-corrected chi connectivity index (χ3v) is 2.13. The van der Waals surface area contributed by atoms with E-state index in [4.69, 9.17) is 0 Å². The topological polar surface area (TPSA) is 35.5 Å². The molecule has 0 fully saturated rings. The maximum Gasteiger partial charge on any atom is 0.573 e. The van der Waals surface area contributed by atoms with Gasteiger partial charge in [-0.2, -0.15) is 0 Å². The summed E-state index contributed by atoms with van der Waals surface area (Å²) in [7, 11) is 1.06. The maximum atomic E-state index is 12.4. The first-order valence-corrected chi connectivity index (χ1v) is 4.96. The molecule has 0 aliphatic heterocycles. The number of alkyl halides is 5. The molecule has 0 saturated heterocycles. The number of carbonyl (C=O) groups excluding carboxylic acids is 1. The number of methoxy groups -OCH3 is 1. The van der Waals surface area contributed by atoms with Crippen molar-refractivity contribution in [1.82, 2.24) is 0 Å². The highest BCUT2D eigenvalue weighted by Crippen LogP contribution is 2.31. The Balaban J connectivity index is 3.11. The second-order valence-electron chi connectivity index (χ2n) is 3.47. The van der Waals surface area contributed by atoms with Gasteiger partial charge < -0.3 is 9.47 Å². The standard InChI is InChI=1S/C11H9F5O3/c1-18-9(17)5-6-2-3-7(10(12)13)4-8(6)19-11(14,15)16/h2-4,10H,5H2,1H3. The first-order valence-electron chi connectivity index (χ1n) is 4.96. The zero-order chi connectivity index (χ0) is 14.6. The van der Waals surface area contributed by atoms with Crippen molar-refractivity contribution in [3.63, 3.8) is 0 Å². The molecule has 0 amide bonds. The Bertz CT molecular complexity index is 456. The van der Waals surface area contributed by atoms with Crippen molar-refractivity contribution >= 4 is 5.97 Å². The van der Waals surface area contributed by atoms with E-state index in [0.29, 0.717) is 6.07 Å². The zero-order valence-corrected chi connectivity index (χ0v) is 9.63. The van der Waals surface area contributed by atoms with Crippen LogP contribution in [0.25, 0.3) is 0 Å². The molecule has 0 saturated carbocycles. The minimum Gasteiger partial charge on any atom is -0.469 e. The van der Waals surface area contributed by atoms with Crippen LogP contribution in [0.2, 0.25) is 0 Å². The number of hydrogen-bond donors (Lipinski definition) is 0. The fourth-order valence-electron chi connectivity index (χ4n) is 1.30. The van der Waals surface area contributed by atoms with Crippen LogP contribution in [-0.2, 0) is 16.0 Å². The number of rotatable bonds is 4. The average Bonchev–Trinajstić information content (AvgIpc) is 2.29. The predicted molar refractivity (Wildman–Crippen MR) is 53.8 cm³/mol. The number of ether oxygens (including phenoxy) is 2. The molecule has 106 valence electrons. The molecule has 1 rings (SSSR count). The molecule has 0 spiro atoms. The second-order valence-corrected chi connectivity index (χ2v) is 3.47. The van der Waals surface area contributed by atoms with Gasteiger partial charge in [-0.15, -0.1) is 13.2 Å². The van der Waals surface area contributed by atoms with Crippen LogP contribution in [0.5, 0.6) is 5.75 Å². The average molecular weight is 284 g/mol. The maximum absolute atomic E-state index is 12.4. The van der Waals surface area contributed by atoms with Crippen molar-refractivity contribution in [1.29, 1.82) is 0 Å². The highest BCUT2D eigenvalue weighted by Gasteiger charge is 2.32. The van der Waals surface area contributed by atoms with Gasteiger partial charge in [0.2, 0.25) is 0 Å². The third kappa shape index (κ3) is 4.72. The van der Waals surface area contributed by atoms with Crippen molar-refractivity contribution in [2.75, 3.05) is 7.11 Å². The normalized spacial score (nSPS) is 11.5. The van der Waals surface area contributed by atoms with Gasteiger partial charge in [0.05, 0.1) is 13.5 Å². The van der Waals surface area contributed by atoms with E-state index in [9.17, 15) is 26.7 Å². The number of esters is 1. The van der Waals surface area contributed by atoms with Gasteiger partial charge in [0.1, 0.15) is 5.75 Å². The largest absolute Gasteiger partial charge is 0.573 e. The summed E-state index contributed by atoms with van der Waals surface area (Å²) in [4.78, 5) is 11.0. The molecule has 0 aromatic heterocycles. The van der Waals surface area contributed by atoms with E-state index in [1.807, 2.05) is 0 Å². The SMILES string of the molecule is COC(=O)Cc1ccc(C(F)F)cc1OC(F)(F)F. The molecule has 0 atom stereocenters. The summed E-state index contributed by atoms with van der Waals surface area (Å²) in [5.41, 5.74) is -0.818. The number of halogens is 5. The highest BCUT2D eigenvalue weighted by atomic mass is 19.4. The lowest BCUT2D eigenvalue weighted by Crippen LogP contribution is -2.19. The lowest BCUT2D eigenvalue weighted by Gasteiger charge is -2.14. The highest BCUT2D eigenvalue weighted by molar-refractivity contribution is 5.73. The Hall–Kier alpha value is -1.86. The van der Waals surface area contributed by atoms with Gasteiger partial charge in [0.15, 0.2) is 0 Å². The summed E-state index contributed by atoms with van der Waals surface area (Å²) in [5, 5.41) is 0. The predicted octanol–water partition coefficient (Wildman–Crippen LogP) is 3.24. The monoisotopic (exact) mass is 284 g/mol. The Labute approximate surface area is 104 Å². The van der Waals surface area contributed by atoms with Gasteiger partial charge >= 0.3 is 12.3 Å². The van der Waals surface area contributed by atoms with Crippen molar-refractivity contribution < 1.29 is 36.2 Å². The zero-order valence-electron chi connectivity index (χ0n) is 9.63. The van der Waals surface area contributed by atoms with E-state index in [-0.39, 0.29) is 5.56 Å². The van der Waals surface area contributed by atoms with Gasteiger partial charge in [-0.3, -0.25) is 4.79 Å². The molecule has 0 aliphatic rings. The molecule has 19 heavy (non-hydrogen) atoms. The molecule has 1 aromatic carbocycles. The van der Waals surface area contributed by atoms with Crippen molar-refractivity contribution in [3.05, 3.63) is 29.3 Å². The molecule has 3 nitrogen and oxygen atoms in total. The van der Waals surface area contributed by atoms with Gasteiger partial charge in [-0.1, -0.05) is 12.1 Å².